The Morgan fingerprint density at radius 3 is 1.70 bits per heavy atom. The molecule has 0 aromatic rings. The van der Waals surface area contributed by atoms with Crippen LogP contribution < -0.4 is 0 Å². The van der Waals surface area contributed by atoms with Crippen LogP contribution in [0.2, 0.25) is 0 Å². The maximum absolute atomic E-state index is 12.0. The fourth-order valence-corrected chi connectivity index (χ4v) is 4.27. The maximum atomic E-state index is 12.0. The number of ether oxygens (including phenoxy) is 4. The van der Waals surface area contributed by atoms with Crippen molar-refractivity contribution >= 4 is 11.9 Å². The Kier molecular flexibility index (Phi) is 3.02. The van der Waals surface area contributed by atoms with E-state index < -0.39 is 23.1 Å². The lowest BCUT2D eigenvalue weighted by atomic mass is 9.48. The number of carbonyl (C=O) groups excluding carboxylic acids is 2. The molecule has 23 heavy (non-hydrogen) atoms. The van der Waals surface area contributed by atoms with Gasteiger partial charge in [-0.1, -0.05) is 0 Å². The predicted molar refractivity (Wildman–Crippen MR) is 77.9 cm³/mol. The van der Waals surface area contributed by atoms with Crippen LogP contribution in [0.15, 0.2) is 23.7 Å². The summed E-state index contributed by atoms with van der Waals surface area (Å²) in [4.78, 5) is 24.0. The molecule has 0 amide bonds. The Bertz CT molecular complexity index is 581. The van der Waals surface area contributed by atoms with Gasteiger partial charge in [0.15, 0.2) is 11.2 Å². The van der Waals surface area contributed by atoms with E-state index in [4.69, 9.17) is 18.9 Å². The number of esters is 2. The molecule has 4 rings (SSSR count). The second kappa shape index (κ2) is 4.76. The minimum atomic E-state index is -0.939. The van der Waals surface area contributed by atoms with E-state index in [1.165, 1.54) is 12.2 Å². The highest BCUT2D eigenvalue weighted by Gasteiger charge is 2.77. The molecular weight excluding hydrogens is 300 g/mol. The lowest BCUT2D eigenvalue weighted by molar-refractivity contribution is -0.301. The van der Waals surface area contributed by atoms with Crippen molar-refractivity contribution in [1.29, 1.82) is 0 Å². The fraction of sp³-hybridized carbons (Fsp3) is 0.647. The van der Waals surface area contributed by atoms with Gasteiger partial charge in [-0.25, -0.2) is 9.59 Å². The molecule has 0 radical (unpaired) electrons. The average Bonchev–Trinajstić information content (AvgIpc) is 2.50. The molecule has 0 spiro atoms. The summed E-state index contributed by atoms with van der Waals surface area (Å²) in [5.41, 5.74) is -1.88. The third-order valence-electron chi connectivity index (χ3n) is 5.59. The molecule has 2 fully saturated rings. The van der Waals surface area contributed by atoms with Gasteiger partial charge in [0.05, 0.1) is 37.2 Å². The average molecular weight is 320 g/mol. The smallest absolute Gasteiger partial charge is 0.334 e. The zero-order valence-electron chi connectivity index (χ0n) is 13.3. The number of carbonyl (C=O) groups is 2. The monoisotopic (exact) mass is 320 g/mol. The Balaban J connectivity index is 1.81. The Hall–Kier alpha value is -1.98. The van der Waals surface area contributed by atoms with Crippen molar-refractivity contribution in [3.05, 3.63) is 23.7 Å². The summed E-state index contributed by atoms with van der Waals surface area (Å²) in [5.74, 6) is -0.0748. The summed E-state index contributed by atoms with van der Waals surface area (Å²) >= 11 is 0. The van der Waals surface area contributed by atoms with Crippen LogP contribution in [0.5, 0.6) is 0 Å². The van der Waals surface area contributed by atoms with E-state index >= 15 is 0 Å². The Morgan fingerprint density at radius 2 is 1.26 bits per heavy atom. The van der Waals surface area contributed by atoms with Gasteiger partial charge in [0.1, 0.15) is 11.5 Å². The minimum Gasteiger partial charge on any atom is -0.497 e. The molecule has 0 unspecified atom stereocenters. The molecule has 1 aliphatic carbocycles. The zero-order valence-corrected chi connectivity index (χ0v) is 13.3. The second-order valence-corrected chi connectivity index (χ2v) is 6.86. The van der Waals surface area contributed by atoms with Gasteiger partial charge in [-0.15, -0.1) is 0 Å². The van der Waals surface area contributed by atoms with Gasteiger partial charge in [-0.2, -0.15) is 0 Å². The molecule has 1 saturated carbocycles. The first-order valence-electron chi connectivity index (χ1n) is 8.10. The van der Waals surface area contributed by atoms with Crippen LogP contribution in [-0.2, 0) is 28.5 Å². The zero-order chi connectivity index (χ0) is 16.2. The molecule has 1 saturated heterocycles. The van der Waals surface area contributed by atoms with Crippen LogP contribution >= 0.6 is 0 Å². The molecule has 124 valence electrons. The Morgan fingerprint density at radius 1 is 0.826 bits per heavy atom. The topological polar surface area (TPSA) is 71.1 Å². The maximum Gasteiger partial charge on any atom is 0.334 e. The number of fused-ring (bicyclic) bond motifs is 1. The molecule has 4 atom stereocenters. The lowest BCUT2D eigenvalue weighted by Crippen LogP contribution is -2.78. The van der Waals surface area contributed by atoms with Gasteiger partial charge in [-0.3, -0.25) is 0 Å². The van der Waals surface area contributed by atoms with Gasteiger partial charge in [0.25, 0.3) is 0 Å². The van der Waals surface area contributed by atoms with Crippen molar-refractivity contribution in [2.24, 2.45) is 11.8 Å². The van der Waals surface area contributed by atoms with Gasteiger partial charge in [0.2, 0.25) is 0 Å². The van der Waals surface area contributed by atoms with Crippen LogP contribution in [0.25, 0.3) is 0 Å². The van der Waals surface area contributed by atoms with Crippen molar-refractivity contribution in [3.63, 3.8) is 0 Å². The summed E-state index contributed by atoms with van der Waals surface area (Å²) in [6, 6.07) is 0. The largest absolute Gasteiger partial charge is 0.497 e. The quantitative estimate of drug-likeness (QED) is 0.634. The molecule has 3 aliphatic heterocycles. The van der Waals surface area contributed by atoms with E-state index in [-0.39, 0.29) is 11.8 Å². The third kappa shape index (κ3) is 1.87. The second-order valence-electron chi connectivity index (χ2n) is 6.86. The molecule has 0 aromatic carbocycles. The summed E-state index contributed by atoms with van der Waals surface area (Å²) in [6.45, 7) is 4.73. The predicted octanol–water partition coefficient (Wildman–Crippen LogP) is 1.85. The summed E-state index contributed by atoms with van der Waals surface area (Å²) in [6.07, 6.45) is 5.60. The number of rotatable bonds is 0. The number of hydrogen-bond donors (Lipinski definition) is 0. The van der Waals surface area contributed by atoms with E-state index in [2.05, 4.69) is 0 Å². The molecule has 6 heteroatoms. The molecule has 6 nitrogen and oxygen atoms in total. The lowest BCUT2D eigenvalue weighted by Gasteiger charge is -2.65. The van der Waals surface area contributed by atoms with Crippen molar-refractivity contribution in [3.8, 4) is 0 Å². The Labute approximate surface area is 134 Å². The first-order chi connectivity index (χ1) is 11.0. The third-order valence-corrected chi connectivity index (χ3v) is 5.59. The minimum absolute atomic E-state index is 0.192. The molecule has 0 bridgehead atoms. The van der Waals surface area contributed by atoms with Gasteiger partial charge < -0.3 is 18.9 Å². The van der Waals surface area contributed by atoms with Crippen LogP contribution in [-0.4, -0.2) is 36.4 Å². The van der Waals surface area contributed by atoms with E-state index in [1.807, 2.05) is 0 Å². The van der Waals surface area contributed by atoms with Crippen molar-refractivity contribution in [2.75, 3.05) is 13.2 Å². The molecule has 4 aliphatic rings. The highest BCUT2D eigenvalue weighted by Crippen LogP contribution is 2.64. The first kappa shape index (κ1) is 14.6. The first-order valence-corrected chi connectivity index (χ1v) is 8.10. The van der Waals surface area contributed by atoms with Crippen LogP contribution in [0, 0.1) is 11.8 Å². The summed E-state index contributed by atoms with van der Waals surface area (Å²) in [7, 11) is 0. The van der Waals surface area contributed by atoms with Crippen LogP contribution in [0.4, 0.5) is 0 Å². The SMILES string of the molecule is C[C@@]12OC(=O)C=C3OCCCCCOC4=CC(=O)O[C@]1(C)[C@H]4[C@H]32. The molecule has 0 N–H and O–H groups in total. The van der Waals surface area contributed by atoms with Crippen LogP contribution in [0.3, 0.4) is 0 Å². The van der Waals surface area contributed by atoms with E-state index in [0.717, 1.165) is 19.3 Å². The van der Waals surface area contributed by atoms with E-state index in [1.54, 1.807) is 13.8 Å². The normalized spacial score (nSPS) is 42.2. The highest BCUT2D eigenvalue weighted by molar-refractivity contribution is 5.87. The standard InChI is InChI=1S/C17H20O6/c1-16-14-10(8-12(18)22-16)20-6-4-3-5-7-21-11-9-13(19)23-17(16,2)15(11)14/h8-9,14-15H,3-7H2,1-2H3/t14-,15+,16-,17+. The molecule has 3 heterocycles. The fourth-order valence-electron chi connectivity index (χ4n) is 4.27. The highest BCUT2D eigenvalue weighted by atomic mass is 16.6. The van der Waals surface area contributed by atoms with Crippen molar-refractivity contribution in [2.45, 2.75) is 44.3 Å². The van der Waals surface area contributed by atoms with Crippen molar-refractivity contribution < 1.29 is 28.5 Å². The van der Waals surface area contributed by atoms with Gasteiger partial charge in [-0.05, 0) is 33.1 Å². The molecule has 0 aromatic heterocycles. The van der Waals surface area contributed by atoms with E-state index in [9.17, 15) is 9.59 Å². The van der Waals surface area contributed by atoms with Crippen molar-refractivity contribution in [1.82, 2.24) is 0 Å². The number of hydrogen-bond acceptors (Lipinski definition) is 6. The van der Waals surface area contributed by atoms with Gasteiger partial charge >= 0.3 is 11.9 Å². The summed E-state index contributed by atoms with van der Waals surface area (Å²) < 4.78 is 23.0. The summed E-state index contributed by atoms with van der Waals surface area (Å²) in [5, 5.41) is 0. The van der Waals surface area contributed by atoms with E-state index in [0.29, 0.717) is 24.7 Å². The van der Waals surface area contributed by atoms with Crippen LogP contribution in [0.1, 0.15) is 33.1 Å². The van der Waals surface area contributed by atoms with Gasteiger partial charge in [0, 0.05) is 0 Å². The molecular formula is C17H20O6.